The highest BCUT2D eigenvalue weighted by atomic mass is 19.4. The minimum atomic E-state index is -4.77. The highest BCUT2D eigenvalue weighted by Crippen LogP contribution is 2.26. The van der Waals surface area contributed by atoms with E-state index >= 15 is 0 Å². The lowest BCUT2D eigenvalue weighted by Gasteiger charge is -2.31. The van der Waals surface area contributed by atoms with Gasteiger partial charge in [0.1, 0.15) is 24.5 Å². The molecule has 1 aliphatic rings. The maximum absolute atomic E-state index is 12.9. The van der Waals surface area contributed by atoms with Crippen LogP contribution in [0.4, 0.5) is 13.2 Å². The number of halogens is 3. The number of alkyl halides is 3. The third kappa shape index (κ3) is 7.33. The van der Waals surface area contributed by atoms with Gasteiger partial charge in [0, 0.05) is 38.5 Å². The average molecular weight is 467 g/mol. The van der Waals surface area contributed by atoms with E-state index in [4.69, 9.17) is 9.47 Å². The standard InChI is InChI=1S/C23H28F3N3O4/c1-28(18-7-11-32-12-8-18)10-13-33-19-5-2-4-17(14-19)15-27-21(30)16-29-9-3-6-20(22(29)31)23(24,25)26/h2-6,9,14,18H,7-8,10-13,15-16H2,1H3,(H,27,30). The van der Waals surface area contributed by atoms with Crippen LogP contribution in [0.25, 0.3) is 0 Å². The first-order chi connectivity index (χ1) is 15.7. The lowest BCUT2D eigenvalue weighted by Crippen LogP contribution is -2.38. The highest BCUT2D eigenvalue weighted by molar-refractivity contribution is 5.75. The Morgan fingerprint density at radius 2 is 2.00 bits per heavy atom. The molecule has 2 heterocycles. The first-order valence-electron chi connectivity index (χ1n) is 10.8. The summed E-state index contributed by atoms with van der Waals surface area (Å²) in [5.74, 6) is 0.0945. The van der Waals surface area contributed by atoms with Crippen molar-refractivity contribution >= 4 is 5.91 Å². The Balaban J connectivity index is 1.47. The average Bonchev–Trinajstić information content (AvgIpc) is 2.79. The second-order valence-electron chi connectivity index (χ2n) is 7.95. The van der Waals surface area contributed by atoms with Crippen molar-refractivity contribution in [3.05, 3.63) is 64.1 Å². The van der Waals surface area contributed by atoms with E-state index in [9.17, 15) is 22.8 Å². The van der Waals surface area contributed by atoms with Crippen molar-refractivity contribution < 1.29 is 27.4 Å². The van der Waals surface area contributed by atoms with Crippen LogP contribution in [0.3, 0.4) is 0 Å². The van der Waals surface area contributed by atoms with E-state index in [0.717, 1.165) is 55.0 Å². The van der Waals surface area contributed by atoms with Crippen LogP contribution < -0.4 is 15.6 Å². The summed E-state index contributed by atoms with van der Waals surface area (Å²) in [5.41, 5.74) is -1.78. The van der Waals surface area contributed by atoms with E-state index < -0.39 is 29.8 Å². The number of aromatic nitrogens is 1. The normalized spacial score (nSPS) is 14.9. The van der Waals surface area contributed by atoms with Crippen LogP contribution in [0.1, 0.15) is 24.0 Å². The molecular weight excluding hydrogens is 439 g/mol. The fourth-order valence-corrected chi connectivity index (χ4v) is 3.65. The summed E-state index contributed by atoms with van der Waals surface area (Å²) < 4.78 is 50.6. The second kappa shape index (κ2) is 11.3. The van der Waals surface area contributed by atoms with Crippen LogP contribution in [0, 0.1) is 0 Å². The summed E-state index contributed by atoms with van der Waals surface area (Å²) in [5, 5.41) is 2.62. The van der Waals surface area contributed by atoms with Crippen molar-refractivity contribution in [2.24, 2.45) is 0 Å². The molecule has 0 saturated carbocycles. The van der Waals surface area contributed by atoms with Crippen molar-refractivity contribution in [2.45, 2.75) is 38.1 Å². The lowest BCUT2D eigenvalue weighted by molar-refractivity contribution is -0.139. The van der Waals surface area contributed by atoms with Gasteiger partial charge in [-0.05, 0) is 49.7 Å². The predicted octanol–water partition coefficient (Wildman–Crippen LogP) is 2.67. The van der Waals surface area contributed by atoms with E-state index in [2.05, 4.69) is 17.3 Å². The monoisotopic (exact) mass is 467 g/mol. The van der Waals surface area contributed by atoms with Gasteiger partial charge in [0.15, 0.2) is 0 Å². The number of nitrogens with zero attached hydrogens (tertiary/aromatic N) is 2. The summed E-state index contributed by atoms with van der Waals surface area (Å²) in [7, 11) is 2.07. The van der Waals surface area contributed by atoms with Gasteiger partial charge in [-0.1, -0.05) is 12.1 Å². The zero-order valence-corrected chi connectivity index (χ0v) is 18.4. The summed E-state index contributed by atoms with van der Waals surface area (Å²) in [6.07, 6.45) is -1.59. The molecule has 3 rings (SSSR count). The zero-order chi connectivity index (χ0) is 23.8. The van der Waals surface area contributed by atoms with Crippen LogP contribution in [0.2, 0.25) is 0 Å². The van der Waals surface area contributed by atoms with Gasteiger partial charge < -0.3 is 19.4 Å². The first-order valence-corrected chi connectivity index (χ1v) is 10.8. The van der Waals surface area contributed by atoms with Crippen LogP contribution in [0.5, 0.6) is 5.75 Å². The molecule has 1 aliphatic heterocycles. The number of pyridine rings is 1. The van der Waals surface area contributed by atoms with Gasteiger partial charge >= 0.3 is 6.18 Å². The summed E-state index contributed by atoms with van der Waals surface area (Å²) in [6, 6.07) is 9.51. The Labute approximate surface area is 190 Å². The van der Waals surface area contributed by atoms with Crippen LogP contribution in [0.15, 0.2) is 47.4 Å². The van der Waals surface area contributed by atoms with Crippen LogP contribution in [-0.4, -0.2) is 54.8 Å². The van der Waals surface area contributed by atoms with E-state index in [0.29, 0.717) is 24.5 Å². The van der Waals surface area contributed by atoms with Gasteiger partial charge in [-0.25, -0.2) is 0 Å². The van der Waals surface area contributed by atoms with Crippen molar-refractivity contribution in [3.63, 3.8) is 0 Å². The number of carbonyl (C=O) groups excluding carboxylic acids is 1. The molecule has 0 unspecified atom stereocenters. The summed E-state index contributed by atoms with van der Waals surface area (Å²) >= 11 is 0. The minimum absolute atomic E-state index is 0.158. The molecule has 0 atom stereocenters. The topological polar surface area (TPSA) is 72.8 Å². The smallest absolute Gasteiger partial charge is 0.421 e. The van der Waals surface area contributed by atoms with Gasteiger partial charge in [-0.3, -0.25) is 14.5 Å². The minimum Gasteiger partial charge on any atom is -0.492 e. The van der Waals surface area contributed by atoms with E-state index in [1.54, 1.807) is 18.2 Å². The SMILES string of the molecule is CN(CCOc1cccc(CNC(=O)Cn2cccc(C(F)(F)F)c2=O)c1)C1CCOCC1. The number of carbonyl (C=O) groups is 1. The number of nitrogens with one attached hydrogen (secondary N) is 1. The lowest BCUT2D eigenvalue weighted by atomic mass is 10.1. The van der Waals surface area contributed by atoms with Crippen LogP contribution in [-0.2, 0) is 28.8 Å². The molecule has 180 valence electrons. The number of ether oxygens (including phenoxy) is 2. The number of hydrogen-bond donors (Lipinski definition) is 1. The molecule has 1 N–H and O–H groups in total. The molecule has 0 spiro atoms. The summed E-state index contributed by atoms with van der Waals surface area (Å²) in [4.78, 5) is 26.4. The quantitative estimate of drug-likeness (QED) is 0.614. The third-order valence-corrected chi connectivity index (χ3v) is 5.55. The number of rotatable bonds is 9. The fraction of sp³-hybridized carbons (Fsp3) is 0.478. The van der Waals surface area contributed by atoms with Crippen LogP contribution >= 0.6 is 0 Å². The maximum Gasteiger partial charge on any atom is 0.421 e. The van der Waals surface area contributed by atoms with Crippen molar-refractivity contribution in [3.8, 4) is 5.75 Å². The number of likely N-dealkylation sites (N-methyl/N-ethyl adjacent to an activating group) is 1. The molecule has 0 aliphatic carbocycles. The fourth-order valence-electron chi connectivity index (χ4n) is 3.65. The largest absolute Gasteiger partial charge is 0.492 e. The zero-order valence-electron chi connectivity index (χ0n) is 18.4. The Morgan fingerprint density at radius 1 is 1.24 bits per heavy atom. The molecule has 0 radical (unpaired) electrons. The van der Waals surface area contributed by atoms with Crippen molar-refractivity contribution in [2.75, 3.05) is 33.4 Å². The van der Waals surface area contributed by atoms with Gasteiger partial charge in [0.2, 0.25) is 5.91 Å². The summed E-state index contributed by atoms with van der Waals surface area (Å²) in [6.45, 7) is 2.51. The molecular formula is C23H28F3N3O4. The molecule has 1 amide bonds. The Morgan fingerprint density at radius 3 is 2.73 bits per heavy atom. The maximum atomic E-state index is 12.9. The number of hydrogen-bond acceptors (Lipinski definition) is 5. The molecule has 1 aromatic carbocycles. The molecule has 1 saturated heterocycles. The molecule has 1 aromatic heterocycles. The highest BCUT2D eigenvalue weighted by Gasteiger charge is 2.34. The van der Waals surface area contributed by atoms with Crippen molar-refractivity contribution in [1.29, 1.82) is 0 Å². The molecule has 2 aromatic rings. The van der Waals surface area contributed by atoms with Crippen molar-refractivity contribution in [1.82, 2.24) is 14.8 Å². The third-order valence-electron chi connectivity index (χ3n) is 5.55. The predicted molar refractivity (Wildman–Crippen MR) is 116 cm³/mol. The van der Waals surface area contributed by atoms with E-state index in [1.807, 2.05) is 6.07 Å². The molecule has 7 nitrogen and oxygen atoms in total. The van der Waals surface area contributed by atoms with Gasteiger partial charge in [-0.2, -0.15) is 13.2 Å². The van der Waals surface area contributed by atoms with E-state index in [1.165, 1.54) is 0 Å². The molecule has 33 heavy (non-hydrogen) atoms. The first kappa shape index (κ1) is 24.8. The molecule has 0 bridgehead atoms. The Kier molecular flexibility index (Phi) is 8.51. The number of benzene rings is 1. The second-order valence-corrected chi connectivity index (χ2v) is 7.95. The van der Waals surface area contributed by atoms with E-state index in [-0.39, 0.29) is 6.54 Å². The Bertz CT molecular complexity index is 987. The number of amides is 1. The van der Waals surface area contributed by atoms with Gasteiger partial charge in [0.25, 0.3) is 5.56 Å². The molecule has 10 heteroatoms. The van der Waals surface area contributed by atoms with Gasteiger partial charge in [-0.15, -0.1) is 0 Å². The molecule has 1 fully saturated rings. The Hall–Kier alpha value is -2.85. The van der Waals surface area contributed by atoms with Gasteiger partial charge in [0.05, 0.1) is 0 Å².